The first-order valence-electron chi connectivity index (χ1n) is 4.95. The molecule has 0 unspecified atom stereocenters. The molecule has 2 heterocycles. The molecule has 1 saturated heterocycles. The van der Waals surface area contributed by atoms with Crippen LogP contribution >= 0.6 is 0 Å². The van der Waals surface area contributed by atoms with Crippen LogP contribution in [0.1, 0.15) is 0 Å². The third kappa shape index (κ3) is 1.65. The highest BCUT2D eigenvalue weighted by atomic mass is 16.6. The third-order valence-corrected chi connectivity index (χ3v) is 2.57. The molecule has 0 bridgehead atoms. The van der Waals surface area contributed by atoms with Gasteiger partial charge >= 0.3 is 5.69 Å². The summed E-state index contributed by atoms with van der Waals surface area (Å²) in [4.78, 5) is 16.4. The minimum Gasteiger partial charge on any atom is -0.367 e. The highest BCUT2D eigenvalue weighted by Crippen LogP contribution is 2.35. The lowest BCUT2D eigenvalue weighted by atomic mass is 10.1. The first-order chi connectivity index (χ1) is 7.63. The average Bonchev–Trinajstić information content (AvgIpc) is 2.23. The Morgan fingerprint density at radius 2 is 2.38 bits per heavy atom. The summed E-state index contributed by atoms with van der Waals surface area (Å²) in [6, 6.07) is 1.75. The molecule has 0 radical (unpaired) electrons. The number of nitro groups is 1. The second-order valence-electron chi connectivity index (χ2n) is 3.70. The topological polar surface area (TPSA) is 97.3 Å². The number of nitrogens with two attached hydrogens (primary N) is 1. The maximum atomic E-state index is 11.0. The van der Waals surface area contributed by atoms with E-state index in [1.165, 1.54) is 0 Å². The number of rotatable bonds is 3. The van der Waals surface area contributed by atoms with E-state index in [4.69, 9.17) is 5.73 Å². The van der Waals surface area contributed by atoms with Crippen molar-refractivity contribution >= 4 is 17.2 Å². The van der Waals surface area contributed by atoms with E-state index >= 15 is 0 Å². The molecule has 0 saturated carbocycles. The highest BCUT2D eigenvalue weighted by molar-refractivity contribution is 5.74. The number of hydrogen-bond donors (Lipinski definition) is 2. The Morgan fingerprint density at radius 1 is 1.69 bits per heavy atom. The summed E-state index contributed by atoms with van der Waals surface area (Å²) in [7, 11) is 1.61. The van der Waals surface area contributed by atoms with E-state index in [2.05, 4.69) is 10.3 Å². The Balaban J connectivity index is 2.40. The molecule has 0 aliphatic carbocycles. The quantitative estimate of drug-likeness (QED) is 0.560. The van der Waals surface area contributed by atoms with Crippen LogP contribution in [0.2, 0.25) is 0 Å². The van der Waals surface area contributed by atoms with Crippen LogP contribution in [0.5, 0.6) is 0 Å². The fraction of sp³-hybridized carbons (Fsp3) is 0.444. The molecule has 1 aromatic rings. The predicted molar refractivity (Wildman–Crippen MR) is 60.6 cm³/mol. The van der Waals surface area contributed by atoms with Gasteiger partial charge in [0.05, 0.1) is 4.92 Å². The van der Waals surface area contributed by atoms with Gasteiger partial charge in [-0.2, -0.15) is 0 Å². The molecule has 0 atom stereocenters. The van der Waals surface area contributed by atoms with Crippen LogP contribution in [-0.2, 0) is 0 Å². The Bertz CT molecular complexity index is 416. The van der Waals surface area contributed by atoms with Crippen molar-refractivity contribution in [2.45, 2.75) is 6.04 Å². The molecule has 1 aromatic heterocycles. The molecular formula is C9H13N5O2. The summed E-state index contributed by atoms with van der Waals surface area (Å²) in [5, 5.41) is 13.7. The number of nitrogens with zero attached hydrogens (tertiary/aromatic N) is 3. The minimum absolute atomic E-state index is 0.0110. The average molecular weight is 223 g/mol. The van der Waals surface area contributed by atoms with Gasteiger partial charge in [0.25, 0.3) is 0 Å². The first-order valence-corrected chi connectivity index (χ1v) is 4.95. The van der Waals surface area contributed by atoms with Gasteiger partial charge in [-0.05, 0) is 6.07 Å². The molecular weight excluding hydrogens is 210 g/mol. The monoisotopic (exact) mass is 223 g/mol. The van der Waals surface area contributed by atoms with Gasteiger partial charge in [0.1, 0.15) is 5.69 Å². The number of hydrogen-bond acceptors (Lipinski definition) is 6. The Morgan fingerprint density at radius 3 is 2.88 bits per heavy atom. The second-order valence-corrected chi connectivity index (χ2v) is 3.70. The van der Waals surface area contributed by atoms with Crippen molar-refractivity contribution in [3.05, 3.63) is 22.4 Å². The van der Waals surface area contributed by atoms with Crippen LogP contribution in [0.4, 0.5) is 17.2 Å². The van der Waals surface area contributed by atoms with Crippen molar-refractivity contribution in [1.29, 1.82) is 0 Å². The smallest absolute Gasteiger partial charge is 0.334 e. The largest absolute Gasteiger partial charge is 0.367 e. The molecule has 16 heavy (non-hydrogen) atoms. The molecule has 86 valence electrons. The zero-order valence-electron chi connectivity index (χ0n) is 8.88. The van der Waals surface area contributed by atoms with E-state index in [1.54, 1.807) is 19.3 Å². The van der Waals surface area contributed by atoms with Crippen LogP contribution in [0, 0.1) is 10.1 Å². The van der Waals surface area contributed by atoms with Crippen LogP contribution < -0.4 is 16.0 Å². The summed E-state index contributed by atoms with van der Waals surface area (Å²) < 4.78 is 0. The molecule has 0 amide bonds. The minimum atomic E-state index is -0.419. The molecule has 1 aliphatic heterocycles. The molecule has 7 nitrogen and oxygen atoms in total. The van der Waals surface area contributed by atoms with Gasteiger partial charge in [-0.3, -0.25) is 10.1 Å². The van der Waals surface area contributed by atoms with Crippen molar-refractivity contribution in [3.8, 4) is 0 Å². The standard InChI is InChI=1S/C9H13N5O2/c1-11-9-8(14(15)16)7(2-3-12-9)13-4-6(10)5-13/h2-3,6H,4-5,10H2,1H3,(H,11,12). The number of nitrogens with one attached hydrogen (secondary N) is 1. The number of aromatic nitrogens is 1. The summed E-state index contributed by atoms with van der Waals surface area (Å²) >= 11 is 0. The van der Waals surface area contributed by atoms with Crippen LogP contribution in [0.25, 0.3) is 0 Å². The zero-order valence-corrected chi connectivity index (χ0v) is 8.88. The summed E-state index contributed by atoms with van der Waals surface area (Å²) in [6.07, 6.45) is 1.55. The van der Waals surface area contributed by atoms with Crippen molar-refractivity contribution in [2.75, 3.05) is 30.4 Å². The van der Waals surface area contributed by atoms with Crippen molar-refractivity contribution in [3.63, 3.8) is 0 Å². The second kappa shape index (κ2) is 3.93. The van der Waals surface area contributed by atoms with Crippen molar-refractivity contribution in [1.82, 2.24) is 4.98 Å². The lowest BCUT2D eigenvalue weighted by Crippen LogP contribution is -2.56. The van der Waals surface area contributed by atoms with Crippen molar-refractivity contribution in [2.24, 2.45) is 5.73 Å². The van der Waals surface area contributed by atoms with E-state index in [1.807, 2.05) is 4.90 Å². The molecule has 3 N–H and O–H groups in total. The Kier molecular flexibility index (Phi) is 2.61. The lowest BCUT2D eigenvalue weighted by molar-refractivity contribution is -0.383. The third-order valence-electron chi connectivity index (χ3n) is 2.57. The summed E-state index contributed by atoms with van der Waals surface area (Å²) in [5.41, 5.74) is 6.25. The molecule has 2 rings (SSSR count). The van der Waals surface area contributed by atoms with Crippen LogP contribution in [-0.4, -0.2) is 36.1 Å². The maximum Gasteiger partial charge on any atom is 0.334 e. The highest BCUT2D eigenvalue weighted by Gasteiger charge is 2.31. The van der Waals surface area contributed by atoms with E-state index in [9.17, 15) is 10.1 Å². The van der Waals surface area contributed by atoms with Gasteiger partial charge in [-0.15, -0.1) is 0 Å². The number of pyridine rings is 1. The van der Waals surface area contributed by atoms with Gasteiger partial charge in [0, 0.05) is 32.4 Å². The van der Waals surface area contributed by atoms with E-state index in [0.717, 1.165) is 0 Å². The van der Waals surface area contributed by atoms with E-state index in [0.29, 0.717) is 18.8 Å². The lowest BCUT2D eigenvalue weighted by Gasteiger charge is -2.38. The summed E-state index contributed by atoms with van der Waals surface area (Å²) in [5.74, 6) is 0.281. The molecule has 7 heteroatoms. The maximum absolute atomic E-state index is 11.0. The Hall–Kier alpha value is -1.89. The van der Waals surface area contributed by atoms with Gasteiger partial charge < -0.3 is 16.0 Å². The fourth-order valence-corrected chi connectivity index (χ4v) is 1.77. The van der Waals surface area contributed by atoms with Gasteiger partial charge in [0.15, 0.2) is 0 Å². The van der Waals surface area contributed by atoms with Gasteiger partial charge in [0.2, 0.25) is 5.82 Å². The van der Waals surface area contributed by atoms with E-state index in [-0.39, 0.29) is 17.5 Å². The van der Waals surface area contributed by atoms with Crippen LogP contribution in [0.15, 0.2) is 12.3 Å². The van der Waals surface area contributed by atoms with Gasteiger partial charge in [-0.25, -0.2) is 4.98 Å². The normalized spacial score (nSPS) is 15.8. The molecule has 1 aliphatic rings. The van der Waals surface area contributed by atoms with Crippen LogP contribution in [0.3, 0.4) is 0 Å². The first kappa shape index (κ1) is 10.6. The fourth-order valence-electron chi connectivity index (χ4n) is 1.77. The molecule has 0 aromatic carbocycles. The zero-order chi connectivity index (χ0) is 11.7. The van der Waals surface area contributed by atoms with Gasteiger partial charge in [-0.1, -0.05) is 0 Å². The van der Waals surface area contributed by atoms with Crippen molar-refractivity contribution < 1.29 is 4.92 Å². The SMILES string of the molecule is CNc1nccc(N2CC(N)C2)c1[N+](=O)[O-]. The molecule has 0 spiro atoms. The molecule has 1 fully saturated rings. The summed E-state index contributed by atoms with van der Waals surface area (Å²) in [6.45, 7) is 1.29. The number of anilines is 2. The van der Waals surface area contributed by atoms with E-state index < -0.39 is 4.92 Å². The predicted octanol–water partition coefficient (Wildman–Crippen LogP) is 0.179. The Labute approximate surface area is 92.4 Å².